The van der Waals surface area contributed by atoms with Crippen LogP contribution in [0.25, 0.3) is 38.8 Å². The molecule has 0 atom stereocenters. The standard InChI is InChI=1S/C24H15N3/c25-16-17-12-13-26-22(14-17)18-10-11-21-20-8-4-5-9-23(20)27(24(21)15-18)19-6-2-1-3-7-19/h1-15H. The van der Waals surface area contributed by atoms with E-state index in [0.717, 1.165) is 22.5 Å². The first-order valence-corrected chi connectivity index (χ1v) is 8.80. The summed E-state index contributed by atoms with van der Waals surface area (Å²) < 4.78 is 2.28. The molecule has 0 saturated heterocycles. The fourth-order valence-electron chi connectivity index (χ4n) is 3.64. The van der Waals surface area contributed by atoms with Crippen molar-refractivity contribution in [2.24, 2.45) is 0 Å². The molecule has 0 saturated carbocycles. The molecule has 2 aromatic heterocycles. The fourth-order valence-corrected chi connectivity index (χ4v) is 3.64. The number of benzene rings is 3. The Morgan fingerprint density at radius 1 is 0.741 bits per heavy atom. The summed E-state index contributed by atoms with van der Waals surface area (Å²) in [4.78, 5) is 4.46. The summed E-state index contributed by atoms with van der Waals surface area (Å²) in [6.45, 7) is 0. The maximum atomic E-state index is 9.19. The van der Waals surface area contributed by atoms with Crippen molar-refractivity contribution in [1.29, 1.82) is 5.26 Å². The van der Waals surface area contributed by atoms with E-state index in [9.17, 15) is 5.26 Å². The molecule has 126 valence electrons. The summed E-state index contributed by atoms with van der Waals surface area (Å²) in [6.07, 6.45) is 1.69. The third kappa shape index (κ3) is 2.47. The zero-order chi connectivity index (χ0) is 18.2. The first kappa shape index (κ1) is 15.4. The average molecular weight is 345 g/mol. The molecule has 2 heterocycles. The molecule has 27 heavy (non-hydrogen) atoms. The molecule has 3 heteroatoms. The fraction of sp³-hybridized carbons (Fsp3) is 0. The second-order valence-corrected chi connectivity index (χ2v) is 6.46. The van der Waals surface area contributed by atoms with Crippen LogP contribution in [-0.4, -0.2) is 9.55 Å². The lowest BCUT2D eigenvalue weighted by Gasteiger charge is -2.08. The van der Waals surface area contributed by atoms with Gasteiger partial charge in [-0.25, -0.2) is 0 Å². The van der Waals surface area contributed by atoms with Crippen LogP contribution in [0.15, 0.2) is 91.1 Å². The lowest BCUT2D eigenvalue weighted by molar-refractivity contribution is 1.18. The van der Waals surface area contributed by atoms with Gasteiger partial charge in [0.05, 0.1) is 28.4 Å². The third-order valence-electron chi connectivity index (χ3n) is 4.87. The molecule has 0 aliphatic carbocycles. The molecule has 5 aromatic rings. The normalized spacial score (nSPS) is 10.9. The first-order chi connectivity index (χ1) is 13.3. The van der Waals surface area contributed by atoms with Gasteiger partial charge in [-0.2, -0.15) is 5.26 Å². The molecule has 5 rings (SSSR count). The van der Waals surface area contributed by atoms with E-state index in [1.807, 2.05) is 12.1 Å². The number of hydrogen-bond acceptors (Lipinski definition) is 2. The van der Waals surface area contributed by atoms with Crippen LogP contribution >= 0.6 is 0 Å². The first-order valence-electron chi connectivity index (χ1n) is 8.80. The van der Waals surface area contributed by atoms with E-state index in [-0.39, 0.29) is 0 Å². The maximum Gasteiger partial charge on any atom is 0.0992 e. The predicted octanol–water partition coefficient (Wildman–Crippen LogP) is 5.72. The average Bonchev–Trinajstić information content (AvgIpc) is 3.08. The molecule has 0 fully saturated rings. The summed E-state index contributed by atoms with van der Waals surface area (Å²) in [7, 11) is 0. The number of para-hydroxylation sites is 2. The Hall–Kier alpha value is -3.90. The molecule has 0 radical (unpaired) electrons. The van der Waals surface area contributed by atoms with Crippen LogP contribution in [0.4, 0.5) is 0 Å². The number of pyridine rings is 1. The highest BCUT2D eigenvalue weighted by Gasteiger charge is 2.13. The van der Waals surface area contributed by atoms with Gasteiger partial charge in [0.25, 0.3) is 0 Å². The van der Waals surface area contributed by atoms with Gasteiger partial charge >= 0.3 is 0 Å². The van der Waals surface area contributed by atoms with Crippen LogP contribution in [0.3, 0.4) is 0 Å². The summed E-state index contributed by atoms with van der Waals surface area (Å²) in [5, 5.41) is 11.6. The number of nitriles is 1. The minimum absolute atomic E-state index is 0.615. The van der Waals surface area contributed by atoms with Gasteiger partial charge < -0.3 is 4.57 Å². The highest BCUT2D eigenvalue weighted by molar-refractivity contribution is 6.10. The van der Waals surface area contributed by atoms with E-state index in [4.69, 9.17) is 0 Å². The molecular weight excluding hydrogens is 330 g/mol. The smallest absolute Gasteiger partial charge is 0.0992 e. The number of hydrogen-bond donors (Lipinski definition) is 0. The quantitative estimate of drug-likeness (QED) is 0.411. The van der Waals surface area contributed by atoms with E-state index < -0.39 is 0 Å². The molecule has 0 spiro atoms. The Labute approximate surface area is 156 Å². The predicted molar refractivity (Wildman–Crippen MR) is 109 cm³/mol. The van der Waals surface area contributed by atoms with E-state index in [1.165, 1.54) is 16.3 Å². The van der Waals surface area contributed by atoms with Gasteiger partial charge in [-0.3, -0.25) is 4.98 Å². The molecule has 0 unspecified atom stereocenters. The summed E-state index contributed by atoms with van der Waals surface area (Å²) in [5.41, 5.74) is 5.85. The van der Waals surface area contributed by atoms with Gasteiger partial charge in [0.15, 0.2) is 0 Å². The SMILES string of the molecule is N#Cc1ccnc(-c2ccc3c4ccccc4n(-c4ccccc4)c3c2)c1. The van der Waals surface area contributed by atoms with Crippen molar-refractivity contribution in [3.05, 3.63) is 96.7 Å². The molecule has 0 aliphatic heterocycles. The molecule has 3 nitrogen and oxygen atoms in total. The Kier molecular flexibility index (Phi) is 3.48. The number of fused-ring (bicyclic) bond motifs is 3. The second-order valence-electron chi connectivity index (χ2n) is 6.46. The van der Waals surface area contributed by atoms with E-state index in [0.29, 0.717) is 5.56 Å². The maximum absolute atomic E-state index is 9.19. The Balaban J connectivity index is 1.84. The van der Waals surface area contributed by atoms with E-state index in [2.05, 4.69) is 82.4 Å². The van der Waals surface area contributed by atoms with Gasteiger partial charge in [-0.15, -0.1) is 0 Å². The Morgan fingerprint density at radius 2 is 1.52 bits per heavy atom. The van der Waals surface area contributed by atoms with Crippen molar-refractivity contribution in [2.75, 3.05) is 0 Å². The molecule has 0 aliphatic rings. The second kappa shape index (κ2) is 6.12. The Morgan fingerprint density at radius 3 is 2.37 bits per heavy atom. The van der Waals surface area contributed by atoms with Gasteiger partial charge in [0.1, 0.15) is 0 Å². The van der Waals surface area contributed by atoms with Crippen molar-refractivity contribution < 1.29 is 0 Å². The zero-order valence-corrected chi connectivity index (χ0v) is 14.5. The number of rotatable bonds is 2. The largest absolute Gasteiger partial charge is 0.309 e. The van der Waals surface area contributed by atoms with Crippen molar-refractivity contribution in [3.8, 4) is 23.0 Å². The van der Waals surface area contributed by atoms with Crippen LogP contribution in [-0.2, 0) is 0 Å². The summed E-state index contributed by atoms with van der Waals surface area (Å²) in [6, 6.07) is 30.9. The minimum atomic E-state index is 0.615. The van der Waals surface area contributed by atoms with Gasteiger partial charge in [0, 0.05) is 28.2 Å². The highest BCUT2D eigenvalue weighted by Crippen LogP contribution is 2.34. The zero-order valence-electron chi connectivity index (χ0n) is 14.5. The number of nitrogens with zero attached hydrogens (tertiary/aromatic N) is 3. The molecule has 0 amide bonds. The van der Waals surface area contributed by atoms with Gasteiger partial charge in [-0.05, 0) is 36.4 Å². The molecule has 3 aromatic carbocycles. The Bertz CT molecular complexity index is 1320. The molecule has 0 bridgehead atoms. The minimum Gasteiger partial charge on any atom is -0.309 e. The van der Waals surface area contributed by atoms with Crippen LogP contribution < -0.4 is 0 Å². The van der Waals surface area contributed by atoms with Crippen molar-refractivity contribution in [1.82, 2.24) is 9.55 Å². The number of aromatic nitrogens is 2. The van der Waals surface area contributed by atoms with E-state index >= 15 is 0 Å². The summed E-state index contributed by atoms with van der Waals surface area (Å²) >= 11 is 0. The van der Waals surface area contributed by atoms with E-state index in [1.54, 1.807) is 12.3 Å². The summed E-state index contributed by atoms with van der Waals surface area (Å²) in [5.74, 6) is 0. The molecule has 0 N–H and O–H groups in total. The van der Waals surface area contributed by atoms with Crippen LogP contribution in [0.2, 0.25) is 0 Å². The highest BCUT2D eigenvalue weighted by atomic mass is 15.0. The third-order valence-corrected chi connectivity index (χ3v) is 4.87. The topological polar surface area (TPSA) is 41.6 Å². The van der Waals surface area contributed by atoms with Crippen molar-refractivity contribution in [3.63, 3.8) is 0 Å². The van der Waals surface area contributed by atoms with Crippen LogP contribution in [0.5, 0.6) is 0 Å². The molecular formula is C24H15N3. The van der Waals surface area contributed by atoms with Crippen LogP contribution in [0, 0.1) is 11.3 Å². The van der Waals surface area contributed by atoms with Crippen LogP contribution in [0.1, 0.15) is 5.56 Å². The van der Waals surface area contributed by atoms with Crippen molar-refractivity contribution >= 4 is 21.8 Å². The van der Waals surface area contributed by atoms with Gasteiger partial charge in [0.2, 0.25) is 0 Å². The van der Waals surface area contributed by atoms with Crippen molar-refractivity contribution in [2.45, 2.75) is 0 Å². The lowest BCUT2D eigenvalue weighted by atomic mass is 10.1. The van der Waals surface area contributed by atoms with Gasteiger partial charge in [-0.1, -0.05) is 48.5 Å². The monoisotopic (exact) mass is 345 g/mol. The lowest BCUT2D eigenvalue weighted by Crippen LogP contribution is -1.93.